The number of unbranched alkanes of at least 4 members (excludes halogenated alkanes) is 4. The molecule has 0 saturated heterocycles. The second-order valence-electron chi connectivity index (χ2n) is 6.01. The summed E-state index contributed by atoms with van der Waals surface area (Å²) in [5, 5.41) is 18.1. The largest absolute Gasteiger partial charge is 0.481 e. The molecule has 1 rings (SSSR count). The summed E-state index contributed by atoms with van der Waals surface area (Å²) in [5.74, 6) is -0.468. The summed E-state index contributed by atoms with van der Waals surface area (Å²) in [5.41, 5.74) is 0. The first-order valence-corrected chi connectivity index (χ1v) is 8.34. The SMILES string of the molecule is CC[C@H](O)/C=C/[C@@H]1C(=O)C=C[C@@H]1CCCCCCCC(=O)O. The summed E-state index contributed by atoms with van der Waals surface area (Å²) < 4.78 is 0. The molecule has 0 aliphatic heterocycles. The molecule has 4 nitrogen and oxygen atoms in total. The van der Waals surface area contributed by atoms with E-state index in [9.17, 15) is 14.7 Å². The van der Waals surface area contributed by atoms with Gasteiger partial charge in [0.25, 0.3) is 0 Å². The Morgan fingerprint density at radius 3 is 2.64 bits per heavy atom. The maximum atomic E-state index is 11.8. The Kier molecular flexibility index (Phi) is 8.75. The standard InChI is InChI=1S/C18H28O4/c1-2-15(19)11-12-16-14(10-13-17(16)20)8-6-4-3-5-7-9-18(21)22/h10-16,19H,2-9H2,1H3,(H,21,22)/b12-11+/t14-,15-,16-/m0/s1. The quantitative estimate of drug-likeness (QED) is 0.452. The molecule has 0 bridgehead atoms. The van der Waals surface area contributed by atoms with Crippen molar-refractivity contribution < 1.29 is 19.8 Å². The van der Waals surface area contributed by atoms with E-state index in [0.29, 0.717) is 6.42 Å². The van der Waals surface area contributed by atoms with E-state index >= 15 is 0 Å². The molecule has 0 spiro atoms. The van der Waals surface area contributed by atoms with Crippen molar-refractivity contribution in [2.45, 2.75) is 64.4 Å². The van der Waals surface area contributed by atoms with Crippen molar-refractivity contribution in [3.8, 4) is 0 Å². The van der Waals surface area contributed by atoms with Gasteiger partial charge in [0.2, 0.25) is 0 Å². The molecule has 0 unspecified atom stereocenters. The lowest BCUT2D eigenvalue weighted by Crippen LogP contribution is -2.14. The molecule has 124 valence electrons. The molecule has 0 heterocycles. The topological polar surface area (TPSA) is 74.6 Å². The maximum absolute atomic E-state index is 11.8. The zero-order valence-electron chi connectivity index (χ0n) is 13.4. The van der Waals surface area contributed by atoms with Gasteiger partial charge in [0.15, 0.2) is 5.78 Å². The van der Waals surface area contributed by atoms with Crippen LogP contribution in [-0.4, -0.2) is 28.1 Å². The fraction of sp³-hybridized carbons (Fsp3) is 0.667. The van der Waals surface area contributed by atoms with Crippen LogP contribution in [0, 0.1) is 11.8 Å². The van der Waals surface area contributed by atoms with Gasteiger partial charge in [0, 0.05) is 12.3 Å². The zero-order chi connectivity index (χ0) is 16.4. The number of hydrogen-bond donors (Lipinski definition) is 2. The number of aliphatic hydroxyl groups is 1. The van der Waals surface area contributed by atoms with Gasteiger partial charge in [-0.3, -0.25) is 9.59 Å². The minimum absolute atomic E-state index is 0.117. The van der Waals surface area contributed by atoms with Crippen LogP contribution in [0.4, 0.5) is 0 Å². The van der Waals surface area contributed by atoms with Crippen molar-refractivity contribution in [3.05, 3.63) is 24.3 Å². The first-order valence-electron chi connectivity index (χ1n) is 8.34. The molecule has 1 aliphatic carbocycles. The highest BCUT2D eigenvalue weighted by atomic mass is 16.4. The van der Waals surface area contributed by atoms with Gasteiger partial charge in [0.05, 0.1) is 6.10 Å². The van der Waals surface area contributed by atoms with Gasteiger partial charge >= 0.3 is 5.97 Å². The lowest BCUT2D eigenvalue weighted by atomic mass is 9.89. The summed E-state index contributed by atoms with van der Waals surface area (Å²) in [7, 11) is 0. The van der Waals surface area contributed by atoms with Gasteiger partial charge in [-0.1, -0.05) is 50.8 Å². The van der Waals surface area contributed by atoms with E-state index in [1.54, 1.807) is 12.2 Å². The molecule has 22 heavy (non-hydrogen) atoms. The third kappa shape index (κ3) is 7.03. The third-order valence-corrected chi connectivity index (χ3v) is 4.18. The van der Waals surface area contributed by atoms with Crippen molar-refractivity contribution in [1.82, 2.24) is 0 Å². The second-order valence-corrected chi connectivity index (χ2v) is 6.01. The van der Waals surface area contributed by atoms with Gasteiger partial charge in [-0.25, -0.2) is 0 Å². The number of carbonyl (C=O) groups excluding carboxylic acids is 1. The summed E-state index contributed by atoms with van der Waals surface area (Å²) in [6, 6.07) is 0. The van der Waals surface area contributed by atoms with E-state index in [1.807, 2.05) is 19.1 Å². The van der Waals surface area contributed by atoms with E-state index in [0.717, 1.165) is 38.5 Å². The Labute approximate surface area is 132 Å². The summed E-state index contributed by atoms with van der Waals surface area (Å²) in [4.78, 5) is 22.2. The van der Waals surface area contributed by atoms with Crippen LogP contribution < -0.4 is 0 Å². The number of ketones is 1. The molecule has 1 aliphatic rings. The van der Waals surface area contributed by atoms with E-state index in [4.69, 9.17) is 5.11 Å². The van der Waals surface area contributed by atoms with Crippen LogP contribution in [0.25, 0.3) is 0 Å². The first kappa shape index (κ1) is 18.6. The van der Waals surface area contributed by atoms with Gasteiger partial charge in [0.1, 0.15) is 0 Å². The Hall–Kier alpha value is -1.42. The van der Waals surface area contributed by atoms with Crippen LogP contribution in [0.1, 0.15) is 58.3 Å². The van der Waals surface area contributed by atoms with Crippen molar-refractivity contribution in [2.24, 2.45) is 11.8 Å². The fourth-order valence-corrected chi connectivity index (χ4v) is 2.74. The second kappa shape index (κ2) is 10.3. The summed E-state index contributed by atoms with van der Waals surface area (Å²) >= 11 is 0. The lowest BCUT2D eigenvalue weighted by Gasteiger charge is -2.15. The minimum atomic E-state index is -0.724. The Morgan fingerprint density at radius 1 is 1.27 bits per heavy atom. The number of carbonyl (C=O) groups is 2. The number of carboxylic acids is 1. The monoisotopic (exact) mass is 308 g/mol. The summed E-state index contributed by atoms with van der Waals surface area (Å²) in [6.07, 6.45) is 13.5. The molecule has 0 fully saturated rings. The highest BCUT2D eigenvalue weighted by Gasteiger charge is 2.27. The maximum Gasteiger partial charge on any atom is 0.303 e. The predicted molar refractivity (Wildman–Crippen MR) is 86.5 cm³/mol. The predicted octanol–water partition coefficient (Wildman–Crippen LogP) is 3.50. The average molecular weight is 308 g/mol. The van der Waals surface area contributed by atoms with E-state index < -0.39 is 12.1 Å². The lowest BCUT2D eigenvalue weighted by molar-refractivity contribution is -0.137. The van der Waals surface area contributed by atoms with Crippen LogP contribution in [0.5, 0.6) is 0 Å². The highest BCUT2D eigenvalue weighted by molar-refractivity contribution is 5.95. The molecule has 3 atom stereocenters. The van der Waals surface area contributed by atoms with Crippen molar-refractivity contribution in [1.29, 1.82) is 0 Å². The number of hydrogen-bond acceptors (Lipinski definition) is 3. The number of aliphatic carboxylic acids is 1. The molecule has 0 aromatic heterocycles. The number of aliphatic hydroxyl groups excluding tert-OH is 1. The average Bonchev–Trinajstić information content (AvgIpc) is 2.83. The Balaban J connectivity index is 2.23. The van der Waals surface area contributed by atoms with Crippen LogP contribution in [0.15, 0.2) is 24.3 Å². The van der Waals surface area contributed by atoms with Gasteiger partial charge in [-0.2, -0.15) is 0 Å². The normalized spacial score (nSPS) is 22.5. The molecular weight excluding hydrogens is 280 g/mol. The molecule has 0 aromatic carbocycles. The highest BCUT2D eigenvalue weighted by Crippen LogP contribution is 2.29. The summed E-state index contributed by atoms with van der Waals surface area (Å²) in [6.45, 7) is 1.91. The van der Waals surface area contributed by atoms with Gasteiger partial charge in [-0.05, 0) is 31.3 Å². The van der Waals surface area contributed by atoms with Crippen molar-refractivity contribution in [2.75, 3.05) is 0 Å². The van der Waals surface area contributed by atoms with Crippen LogP contribution in [0.3, 0.4) is 0 Å². The molecular formula is C18H28O4. The van der Waals surface area contributed by atoms with Crippen LogP contribution >= 0.6 is 0 Å². The van der Waals surface area contributed by atoms with Crippen LogP contribution in [-0.2, 0) is 9.59 Å². The number of carboxylic acid groups (broad SMARTS) is 1. The Morgan fingerprint density at radius 2 is 1.95 bits per heavy atom. The van der Waals surface area contributed by atoms with Gasteiger partial charge in [-0.15, -0.1) is 0 Å². The van der Waals surface area contributed by atoms with Crippen molar-refractivity contribution in [3.63, 3.8) is 0 Å². The first-order chi connectivity index (χ1) is 10.5. The molecule has 0 radical (unpaired) electrons. The number of rotatable bonds is 11. The molecule has 0 amide bonds. The molecule has 2 N–H and O–H groups in total. The van der Waals surface area contributed by atoms with E-state index in [1.165, 1.54) is 0 Å². The van der Waals surface area contributed by atoms with Gasteiger partial charge < -0.3 is 10.2 Å². The smallest absolute Gasteiger partial charge is 0.303 e. The fourth-order valence-electron chi connectivity index (χ4n) is 2.74. The molecule has 4 heteroatoms. The van der Waals surface area contributed by atoms with Crippen LogP contribution in [0.2, 0.25) is 0 Å². The van der Waals surface area contributed by atoms with E-state index in [-0.39, 0.29) is 24.0 Å². The minimum Gasteiger partial charge on any atom is -0.481 e. The van der Waals surface area contributed by atoms with E-state index in [2.05, 4.69) is 0 Å². The number of allylic oxidation sites excluding steroid dienone is 3. The Bertz CT molecular complexity index is 411. The zero-order valence-corrected chi connectivity index (χ0v) is 13.4. The third-order valence-electron chi connectivity index (χ3n) is 4.18. The molecule has 0 saturated carbocycles. The van der Waals surface area contributed by atoms with Crippen molar-refractivity contribution >= 4 is 11.8 Å². The molecule has 0 aromatic rings.